The molecule has 7 nitrogen and oxygen atoms in total. The molecule has 0 spiro atoms. The Labute approximate surface area is 109 Å². The Kier molecular flexibility index (Phi) is 4.35. The van der Waals surface area contributed by atoms with Crippen molar-refractivity contribution in [2.24, 2.45) is 0 Å². The highest BCUT2D eigenvalue weighted by Gasteiger charge is 2.09. The lowest BCUT2D eigenvalue weighted by Crippen LogP contribution is -2.05. The Morgan fingerprint density at radius 1 is 1.39 bits per heavy atom. The molecule has 96 valence electrons. The van der Waals surface area contributed by atoms with Crippen molar-refractivity contribution in [3.05, 3.63) is 12.4 Å². The van der Waals surface area contributed by atoms with Crippen molar-refractivity contribution >= 4 is 17.7 Å². The smallest absolute Gasteiger partial charge is 0.322 e. The Balaban J connectivity index is 2.17. The summed E-state index contributed by atoms with van der Waals surface area (Å²) < 4.78 is 5.41. The molecule has 0 saturated heterocycles. The summed E-state index contributed by atoms with van der Waals surface area (Å²) in [5.74, 6) is 0.477. The van der Waals surface area contributed by atoms with Crippen molar-refractivity contribution in [2.75, 3.05) is 19.0 Å². The van der Waals surface area contributed by atoms with Crippen molar-refractivity contribution in [2.45, 2.75) is 23.7 Å². The third-order valence-corrected chi connectivity index (χ3v) is 2.70. The highest BCUT2D eigenvalue weighted by atomic mass is 32.2. The van der Waals surface area contributed by atoms with Crippen LogP contribution in [0, 0.1) is 0 Å². The van der Waals surface area contributed by atoms with E-state index < -0.39 is 0 Å². The Morgan fingerprint density at radius 2 is 2.28 bits per heavy atom. The van der Waals surface area contributed by atoms with Gasteiger partial charge in [-0.05, 0) is 18.2 Å². The molecule has 0 aromatic carbocycles. The summed E-state index contributed by atoms with van der Waals surface area (Å²) in [4.78, 5) is 19.6. The molecule has 0 bridgehead atoms. The molecular formula is C10H14N6OS. The lowest BCUT2D eigenvalue weighted by atomic mass is 10.5. The predicted octanol–water partition coefficient (Wildman–Crippen LogP) is 1.58. The van der Waals surface area contributed by atoms with E-state index in [4.69, 9.17) is 4.74 Å². The second-order valence-electron chi connectivity index (χ2n) is 3.32. The summed E-state index contributed by atoms with van der Waals surface area (Å²) in [5, 5.41) is 4.14. The summed E-state index contributed by atoms with van der Waals surface area (Å²) in [7, 11) is 1.75. The Bertz CT molecular complexity index is 489. The summed E-state index contributed by atoms with van der Waals surface area (Å²) in [6.45, 7) is 2.61. The number of hydrogen-bond acceptors (Lipinski definition) is 7. The maximum atomic E-state index is 5.41. The van der Waals surface area contributed by atoms with E-state index in [1.54, 1.807) is 19.4 Å². The molecule has 0 amide bonds. The molecule has 0 aliphatic carbocycles. The molecule has 2 aromatic rings. The molecule has 0 aliphatic heterocycles. The lowest BCUT2D eigenvalue weighted by Gasteiger charge is -2.06. The molecular weight excluding hydrogens is 252 g/mol. The highest BCUT2D eigenvalue weighted by molar-refractivity contribution is 7.99. The lowest BCUT2D eigenvalue weighted by molar-refractivity contribution is 0.288. The number of imidazole rings is 1. The van der Waals surface area contributed by atoms with E-state index in [0.29, 0.717) is 23.7 Å². The second-order valence-corrected chi connectivity index (χ2v) is 4.27. The SMILES string of the molecule is CCCOc1nc(NC)nc(Sc2ncc[nH]2)n1. The van der Waals surface area contributed by atoms with Crippen LogP contribution < -0.4 is 10.1 Å². The molecule has 0 fully saturated rings. The maximum Gasteiger partial charge on any atom is 0.322 e. The van der Waals surface area contributed by atoms with E-state index in [9.17, 15) is 0 Å². The molecule has 2 N–H and O–H groups in total. The van der Waals surface area contributed by atoms with Gasteiger partial charge in [0.05, 0.1) is 6.61 Å². The van der Waals surface area contributed by atoms with Crippen LogP contribution in [0.1, 0.15) is 13.3 Å². The fourth-order valence-electron chi connectivity index (χ4n) is 1.15. The molecule has 0 radical (unpaired) electrons. The zero-order chi connectivity index (χ0) is 12.8. The Hall–Kier alpha value is -1.83. The van der Waals surface area contributed by atoms with Crippen molar-refractivity contribution in [1.29, 1.82) is 0 Å². The van der Waals surface area contributed by atoms with Gasteiger partial charge in [0.25, 0.3) is 0 Å². The first-order valence-electron chi connectivity index (χ1n) is 5.55. The van der Waals surface area contributed by atoms with E-state index >= 15 is 0 Å². The van der Waals surface area contributed by atoms with Crippen LogP contribution in [-0.2, 0) is 0 Å². The van der Waals surface area contributed by atoms with Gasteiger partial charge in [-0.1, -0.05) is 6.92 Å². The van der Waals surface area contributed by atoms with Gasteiger partial charge in [-0.3, -0.25) is 0 Å². The highest BCUT2D eigenvalue weighted by Crippen LogP contribution is 2.22. The quantitative estimate of drug-likeness (QED) is 0.820. The number of H-pyrrole nitrogens is 1. The minimum absolute atomic E-state index is 0.324. The van der Waals surface area contributed by atoms with Crippen molar-refractivity contribution in [3.8, 4) is 6.01 Å². The maximum absolute atomic E-state index is 5.41. The second kappa shape index (κ2) is 6.20. The van der Waals surface area contributed by atoms with Crippen LogP contribution in [0.5, 0.6) is 6.01 Å². The number of hydrogen-bond donors (Lipinski definition) is 2. The predicted molar refractivity (Wildman–Crippen MR) is 67.9 cm³/mol. The fourth-order valence-corrected chi connectivity index (χ4v) is 1.82. The van der Waals surface area contributed by atoms with Gasteiger partial charge >= 0.3 is 6.01 Å². The van der Waals surface area contributed by atoms with Crippen LogP contribution in [0.4, 0.5) is 5.95 Å². The van der Waals surface area contributed by atoms with Gasteiger partial charge in [-0.15, -0.1) is 0 Å². The Morgan fingerprint density at radius 3 is 2.94 bits per heavy atom. The summed E-state index contributed by atoms with van der Waals surface area (Å²) in [5.41, 5.74) is 0. The molecule has 18 heavy (non-hydrogen) atoms. The molecule has 2 heterocycles. The average Bonchev–Trinajstić information content (AvgIpc) is 2.89. The number of aromatic amines is 1. The third kappa shape index (κ3) is 3.33. The minimum Gasteiger partial charge on any atom is -0.463 e. The molecule has 2 rings (SSSR count). The number of nitrogens with zero attached hydrogens (tertiary/aromatic N) is 4. The van der Waals surface area contributed by atoms with Crippen LogP contribution >= 0.6 is 11.8 Å². The number of ether oxygens (including phenoxy) is 1. The number of anilines is 1. The van der Waals surface area contributed by atoms with Crippen LogP contribution in [0.25, 0.3) is 0 Å². The molecule has 2 aromatic heterocycles. The zero-order valence-corrected chi connectivity index (χ0v) is 11.0. The number of rotatable bonds is 6. The largest absolute Gasteiger partial charge is 0.463 e. The number of nitrogens with one attached hydrogen (secondary N) is 2. The van der Waals surface area contributed by atoms with E-state index in [2.05, 4.69) is 30.2 Å². The summed E-state index contributed by atoms with van der Waals surface area (Å²) in [6.07, 6.45) is 4.33. The van der Waals surface area contributed by atoms with Gasteiger partial charge in [0.15, 0.2) is 5.16 Å². The van der Waals surface area contributed by atoms with Gasteiger partial charge in [-0.2, -0.15) is 15.0 Å². The van der Waals surface area contributed by atoms with Gasteiger partial charge in [-0.25, -0.2) is 4.98 Å². The zero-order valence-electron chi connectivity index (χ0n) is 10.2. The topological polar surface area (TPSA) is 88.6 Å². The molecule has 8 heteroatoms. The summed E-state index contributed by atoms with van der Waals surface area (Å²) in [6, 6.07) is 0.324. The van der Waals surface area contributed by atoms with Gasteiger partial charge in [0.2, 0.25) is 11.1 Å². The van der Waals surface area contributed by atoms with Crippen LogP contribution in [-0.4, -0.2) is 38.6 Å². The van der Waals surface area contributed by atoms with Crippen molar-refractivity contribution in [3.63, 3.8) is 0 Å². The van der Waals surface area contributed by atoms with Crippen LogP contribution in [0.2, 0.25) is 0 Å². The first-order valence-corrected chi connectivity index (χ1v) is 6.37. The van der Waals surface area contributed by atoms with Gasteiger partial charge in [0, 0.05) is 19.4 Å². The van der Waals surface area contributed by atoms with E-state index in [1.165, 1.54) is 11.8 Å². The molecule has 0 unspecified atom stereocenters. The monoisotopic (exact) mass is 266 g/mol. The molecule has 0 aliphatic rings. The minimum atomic E-state index is 0.324. The summed E-state index contributed by atoms with van der Waals surface area (Å²) >= 11 is 1.32. The molecule has 0 atom stereocenters. The van der Waals surface area contributed by atoms with Crippen molar-refractivity contribution in [1.82, 2.24) is 24.9 Å². The van der Waals surface area contributed by atoms with E-state index in [1.807, 2.05) is 6.92 Å². The van der Waals surface area contributed by atoms with E-state index in [0.717, 1.165) is 11.6 Å². The number of aromatic nitrogens is 5. The first kappa shape index (κ1) is 12.6. The first-order chi connectivity index (χ1) is 8.81. The molecule has 0 saturated carbocycles. The van der Waals surface area contributed by atoms with Crippen LogP contribution in [0.3, 0.4) is 0 Å². The normalized spacial score (nSPS) is 10.3. The third-order valence-electron chi connectivity index (χ3n) is 1.91. The fraction of sp³-hybridized carbons (Fsp3) is 0.400. The van der Waals surface area contributed by atoms with E-state index in [-0.39, 0.29) is 0 Å². The average molecular weight is 266 g/mol. The standard InChI is InChI=1S/C10H14N6OS/c1-3-6-17-8-14-7(11-2)15-10(16-8)18-9-12-4-5-13-9/h4-5H,3,6H2,1-2H3,(H,12,13)(H,11,14,15,16). The van der Waals surface area contributed by atoms with Gasteiger partial charge < -0.3 is 15.0 Å². The van der Waals surface area contributed by atoms with Crippen LogP contribution in [0.15, 0.2) is 22.7 Å². The van der Waals surface area contributed by atoms with Crippen molar-refractivity contribution < 1.29 is 4.74 Å². The van der Waals surface area contributed by atoms with Gasteiger partial charge in [0.1, 0.15) is 0 Å².